The lowest BCUT2D eigenvalue weighted by Crippen LogP contribution is -2.28. The molecule has 0 heterocycles. The minimum Gasteiger partial charge on any atom is -0.379 e. The molecule has 0 fully saturated rings. The highest BCUT2D eigenvalue weighted by atomic mass is 32.2. The molecule has 0 amide bonds. The SMILES string of the molecule is CC(CC(N)O)S(=O)(=O)O. The summed E-state index contributed by atoms with van der Waals surface area (Å²) < 4.78 is 28.9. The molecule has 0 saturated carbocycles. The predicted molar refractivity (Wildman–Crippen MR) is 35.8 cm³/mol. The number of hydrogen-bond acceptors (Lipinski definition) is 4. The first-order valence-electron chi connectivity index (χ1n) is 2.74. The highest BCUT2D eigenvalue weighted by Gasteiger charge is 2.18. The third kappa shape index (κ3) is 3.78. The van der Waals surface area contributed by atoms with Gasteiger partial charge in [0, 0.05) is 6.42 Å². The largest absolute Gasteiger partial charge is 0.379 e. The van der Waals surface area contributed by atoms with Crippen LogP contribution in [0.25, 0.3) is 0 Å². The van der Waals surface area contributed by atoms with Crippen molar-refractivity contribution >= 4 is 10.1 Å². The predicted octanol–water partition coefficient (Wildman–Crippen LogP) is -1.07. The lowest BCUT2D eigenvalue weighted by Gasteiger charge is -2.08. The molecule has 0 aromatic carbocycles. The van der Waals surface area contributed by atoms with E-state index in [9.17, 15) is 8.42 Å². The van der Waals surface area contributed by atoms with Crippen molar-refractivity contribution in [2.24, 2.45) is 5.73 Å². The highest BCUT2D eigenvalue weighted by Crippen LogP contribution is 2.03. The van der Waals surface area contributed by atoms with Gasteiger partial charge < -0.3 is 10.8 Å². The van der Waals surface area contributed by atoms with Gasteiger partial charge in [-0.25, -0.2) is 0 Å². The van der Waals surface area contributed by atoms with Crippen LogP contribution in [0.3, 0.4) is 0 Å². The molecule has 2 atom stereocenters. The van der Waals surface area contributed by atoms with Crippen LogP contribution >= 0.6 is 0 Å². The van der Waals surface area contributed by atoms with Crippen molar-refractivity contribution in [3.8, 4) is 0 Å². The molecule has 10 heavy (non-hydrogen) atoms. The molecule has 5 nitrogen and oxygen atoms in total. The molecule has 0 spiro atoms. The molecule has 0 aliphatic carbocycles. The topological polar surface area (TPSA) is 101 Å². The van der Waals surface area contributed by atoms with Crippen LogP contribution in [0.15, 0.2) is 0 Å². The van der Waals surface area contributed by atoms with Crippen molar-refractivity contribution in [3.63, 3.8) is 0 Å². The van der Waals surface area contributed by atoms with Crippen LogP contribution in [-0.2, 0) is 10.1 Å². The van der Waals surface area contributed by atoms with E-state index in [1.807, 2.05) is 0 Å². The number of hydrogen-bond donors (Lipinski definition) is 3. The van der Waals surface area contributed by atoms with Crippen LogP contribution in [0.2, 0.25) is 0 Å². The van der Waals surface area contributed by atoms with Crippen molar-refractivity contribution in [1.29, 1.82) is 0 Å². The third-order valence-electron chi connectivity index (χ3n) is 1.08. The molecule has 0 bridgehead atoms. The normalized spacial score (nSPS) is 18.4. The van der Waals surface area contributed by atoms with E-state index in [1.165, 1.54) is 6.92 Å². The fourth-order valence-corrected chi connectivity index (χ4v) is 0.902. The van der Waals surface area contributed by atoms with Gasteiger partial charge in [0.25, 0.3) is 10.1 Å². The second kappa shape index (κ2) is 3.29. The molecule has 6 heteroatoms. The lowest BCUT2D eigenvalue weighted by atomic mass is 10.3. The van der Waals surface area contributed by atoms with Gasteiger partial charge in [-0.1, -0.05) is 0 Å². The fraction of sp³-hybridized carbons (Fsp3) is 1.00. The molecule has 0 rings (SSSR count). The summed E-state index contributed by atoms with van der Waals surface area (Å²) in [6, 6.07) is 0. The van der Waals surface area contributed by atoms with Crippen LogP contribution in [0.1, 0.15) is 13.3 Å². The van der Waals surface area contributed by atoms with Gasteiger partial charge in [0.2, 0.25) is 0 Å². The molecule has 0 aromatic heterocycles. The van der Waals surface area contributed by atoms with Crippen molar-refractivity contribution in [2.75, 3.05) is 0 Å². The Kier molecular flexibility index (Phi) is 3.23. The van der Waals surface area contributed by atoms with Crippen LogP contribution < -0.4 is 5.73 Å². The van der Waals surface area contributed by atoms with Crippen molar-refractivity contribution in [1.82, 2.24) is 0 Å². The maximum absolute atomic E-state index is 10.3. The second-order valence-corrected chi connectivity index (χ2v) is 3.96. The smallest absolute Gasteiger partial charge is 0.267 e. The second-order valence-electron chi connectivity index (χ2n) is 2.13. The van der Waals surface area contributed by atoms with Crippen LogP contribution in [0.5, 0.6) is 0 Å². The van der Waals surface area contributed by atoms with E-state index in [1.54, 1.807) is 0 Å². The zero-order valence-corrected chi connectivity index (χ0v) is 6.37. The van der Waals surface area contributed by atoms with E-state index in [0.29, 0.717) is 0 Å². The number of aliphatic hydroxyl groups excluding tert-OH is 1. The Hall–Kier alpha value is -0.170. The van der Waals surface area contributed by atoms with Gasteiger partial charge in [-0.3, -0.25) is 4.55 Å². The first kappa shape index (κ1) is 9.83. The minimum absolute atomic E-state index is 0.154. The number of nitrogens with two attached hydrogens (primary N) is 1. The third-order valence-corrected chi connectivity index (χ3v) is 2.29. The zero-order chi connectivity index (χ0) is 8.36. The monoisotopic (exact) mass is 169 g/mol. The molecular formula is C4H11NO4S. The van der Waals surface area contributed by atoms with Crippen LogP contribution in [0.4, 0.5) is 0 Å². The van der Waals surface area contributed by atoms with E-state index in [4.69, 9.17) is 15.4 Å². The molecule has 62 valence electrons. The maximum Gasteiger partial charge on any atom is 0.267 e. The highest BCUT2D eigenvalue weighted by molar-refractivity contribution is 7.86. The first-order valence-corrected chi connectivity index (χ1v) is 4.24. The molecular weight excluding hydrogens is 158 g/mol. The minimum atomic E-state index is -4.04. The number of aliphatic hydroxyl groups is 1. The molecule has 4 N–H and O–H groups in total. The average molecular weight is 169 g/mol. The van der Waals surface area contributed by atoms with Gasteiger partial charge in [-0.05, 0) is 6.92 Å². The molecule has 2 unspecified atom stereocenters. The maximum atomic E-state index is 10.3. The Morgan fingerprint density at radius 1 is 1.60 bits per heavy atom. The summed E-state index contributed by atoms with van der Waals surface area (Å²) in [5, 5.41) is 7.48. The summed E-state index contributed by atoms with van der Waals surface area (Å²) >= 11 is 0. The Morgan fingerprint density at radius 3 is 2.10 bits per heavy atom. The standard InChI is InChI=1S/C4H11NO4S/c1-3(2-4(5)6)10(7,8)9/h3-4,6H,2,5H2,1H3,(H,7,8,9). The molecule has 0 aliphatic rings. The summed E-state index contributed by atoms with van der Waals surface area (Å²) in [4.78, 5) is 0. The van der Waals surface area contributed by atoms with Gasteiger partial charge in [0.1, 0.15) is 6.23 Å². The van der Waals surface area contributed by atoms with E-state index < -0.39 is 21.6 Å². The summed E-state index contributed by atoms with van der Waals surface area (Å²) in [5.74, 6) is 0. The van der Waals surface area contributed by atoms with Crippen LogP contribution in [0, 0.1) is 0 Å². The molecule has 0 radical (unpaired) electrons. The molecule has 0 aliphatic heterocycles. The molecule has 0 saturated heterocycles. The number of rotatable bonds is 3. The van der Waals surface area contributed by atoms with Gasteiger partial charge in [-0.2, -0.15) is 8.42 Å². The summed E-state index contributed by atoms with van der Waals surface area (Å²) in [6.45, 7) is 1.27. The summed E-state index contributed by atoms with van der Waals surface area (Å²) in [5.41, 5.74) is 4.87. The van der Waals surface area contributed by atoms with Crippen molar-refractivity contribution in [2.45, 2.75) is 24.8 Å². The Morgan fingerprint density at radius 2 is 2.00 bits per heavy atom. The van der Waals surface area contributed by atoms with E-state index in [2.05, 4.69) is 0 Å². The van der Waals surface area contributed by atoms with Gasteiger partial charge >= 0.3 is 0 Å². The summed E-state index contributed by atoms with van der Waals surface area (Å²) in [6.07, 6.45) is -1.35. The van der Waals surface area contributed by atoms with Gasteiger partial charge in [0.05, 0.1) is 5.25 Å². The van der Waals surface area contributed by atoms with Crippen LogP contribution in [-0.4, -0.2) is 29.6 Å². The Labute approximate surface area is 59.6 Å². The van der Waals surface area contributed by atoms with Gasteiger partial charge in [0.15, 0.2) is 0 Å². The van der Waals surface area contributed by atoms with E-state index in [-0.39, 0.29) is 6.42 Å². The van der Waals surface area contributed by atoms with Crippen molar-refractivity contribution < 1.29 is 18.1 Å². The zero-order valence-electron chi connectivity index (χ0n) is 5.56. The van der Waals surface area contributed by atoms with E-state index >= 15 is 0 Å². The average Bonchev–Trinajstić information content (AvgIpc) is 1.60. The van der Waals surface area contributed by atoms with E-state index in [0.717, 1.165) is 0 Å². The quantitative estimate of drug-likeness (QED) is 0.369. The first-order chi connectivity index (χ1) is 4.34. The van der Waals surface area contributed by atoms with Gasteiger partial charge in [-0.15, -0.1) is 0 Å². The molecule has 0 aromatic rings. The fourth-order valence-electron chi connectivity index (χ4n) is 0.462. The lowest BCUT2D eigenvalue weighted by molar-refractivity contribution is 0.170. The summed E-state index contributed by atoms with van der Waals surface area (Å²) in [7, 11) is -4.04. The Balaban J connectivity index is 3.99. The Bertz CT molecular complexity index is 185. The van der Waals surface area contributed by atoms with Crippen molar-refractivity contribution in [3.05, 3.63) is 0 Å².